The number of anilines is 1. The highest BCUT2D eigenvalue weighted by Crippen LogP contribution is 2.44. The summed E-state index contributed by atoms with van der Waals surface area (Å²) in [6, 6.07) is 22.7. The van der Waals surface area contributed by atoms with Gasteiger partial charge in [0.25, 0.3) is 0 Å². The standard InChI is InChI=1S/C29H30N4OS/c1-18-10-8-11-19(2)27(18)32-20(3)16-24(21(32)4)28-26(25-14-6-7-15-30-25)31-29(35)33(28)22-12-9-13-23(17-22)34-5/h6-17,26,28H,1-5H3,(H,31,35)/t26-,28+/m0/s1. The van der Waals surface area contributed by atoms with Crippen LogP contribution in [0.15, 0.2) is 72.9 Å². The Balaban J connectivity index is 1.71. The predicted molar refractivity (Wildman–Crippen MR) is 146 cm³/mol. The number of para-hydroxylation sites is 1. The Bertz CT molecular complexity index is 1380. The minimum absolute atomic E-state index is 0.0752. The van der Waals surface area contributed by atoms with Crippen molar-refractivity contribution in [3.05, 3.63) is 107 Å². The van der Waals surface area contributed by atoms with Gasteiger partial charge in [0.1, 0.15) is 5.75 Å². The molecule has 0 bridgehead atoms. The molecule has 0 spiro atoms. The minimum Gasteiger partial charge on any atom is -0.497 e. The zero-order chi connectivity index (χ0) is 24.7. The molecule has 1 N–H and O–H groups in total. The van der Waals surface area contributed by atoms with Crippen LogP contribution in [0.1, 0.15) is 45.9 Å². The average molecular weight is 483 g/mol. The Kier molecular flexibility index (Phi) is 6.07. The third kappa shape index (κ3) is 3.98. The van der Waals surface area contributed by atoms with Crippen molar-refractivity contribution in [3.8, 4) is 11.4 Å². The fourth-order valence-corrected chi connectivity index (χ4v) is 5.64. The van der Waals surface area contributed by atoms with Gasteiger partial charge >= 0.3 is 0 Å². The third-order valence-electron chi connectivity index (χ3n) is 6.88. The summed E-state index contributed by atoms with van der Waals surface area (Å²) >= 11 is 5.91. The van der Waals surface area contributed by atoms with Crippen LogP contribution in [-0.4, -0.2) is 21.8 Å². The van der Waals surface area contributed by atoms with Crippen LogP contribution in [0.3, 0.4) is 0 Å². The van der Waals surface area contributed by atoms with Gasteiger partial charge in [-0.3, -0.25) is 4.98 Å². The summed E-state index contributed by atoms with van der Waals surface area (Å²) in [6.07, 6.45) is 1.84. The predicted octanol–water partition coefficient (Wildman–Crippen LogP) is 6.29. The highest BCUT2D eigenvalue weighted by molar-refractivity contribution is 7.80. The number of nitrogens with one attached hydrogen (secondary N) is 1. The molecule has 0 saturated carbocycles. The molecule has 0 aliphatic carbocycles. The van der Waals surface area contributed by atoms with Crippen LogP contribution in [0.5, 0.6) is 5.75 Å². The maximum atomic E-state index is 5.91. The number of hydrogen-bond acceptors (Lipinski definition) is 3. The molecule has 5 nitrogen and oxygen atoms in total. The summed E-state index contributed by atoms with van der Waals surface area (Å²) in [5.74, 6) is 0.798. The van der Waals surface area contributed by atoms with Gasteiger partial charge in [-0.25, -0.2) is 0 Å². The van der Waals surface area contributed by atoms with Crippen molar-refractivity contribution in [2.45, 2.75) is 39.8 Å². The van der Waals surface area contributed by atoms with Gasteiger partial charge in [0, 0.05) is 29.3 Å². The average Bonchev–Trinajstić information content (AvgIpc) is 3.35. The van der Waals surface area contributed by atoms with E-state index in [1.54, 1.807) is 7.11 Å². The Morgan fingerprint density at radius 2 is 1.66 bits per heavy atom. The van der Waals surface area contributed by atoms with E-state index in [0.29, 0.717) is 5.11 Å². The number of hydrogen-bond donors (Lipinski definition) is 1. The molecule has 6 heteroatoms. The van der Waals surface area contributed by atoms with E-state index in [1.165, 1.54) is 33.8 Å². The summed E-state index contributed by atoms with van der Waals surface area (Å²) in [7, 11) is 1.69. The van der Waals surface area contributed by atoms with Gasteiger partial charge in [-0.2, -0.15) is 0 Å². The molecule has 35 heavy (non-hydrogen) atoms. The molecular weight excluding hydrogens is 452 g/mol. The molecule has 1 saturated heterocycles. The van der Waals surface area contributed by atoms with Crippen LogP contribution in [0.2, 0.25) is 0 Å². The topological polar surface area (TPSA) is 42.3 Å². The first-order chi connectivity index (χ1) is 16.9. The Labute approximate surface area is 212 Å². The smallest absolute Gasteiger partial charge is 0.174 e. The van der Waals surface area contributed by atoms with Gasteiger partial charge in [0.2, 0.25) is 0 Å². The van der Waals surface area contributed by atoms with Gasteiger partial charge < -0.3 is 19.5 Å². The molecule has 0 unspecified atom stereocenters. The molecular formula is C29H30N4OS. The van der Waals surface area contributed by atoms with E-state index < -0.39 is 0 Å². The zero-order valence-corrected chi connectivity index (χ0v) is 21.6. The summed E-state index contributed by atoms with van der Waals surface area (Å²) in [5, 5.41) is 4.24. The van der Waals surface area contributed by atoms with Crippen LogP contribution >= 0.6 is 12.2 Å². The van der Waals surface area contributed by atoms with Crippen molar-refractivity contribution in [2.24, 2.45) is 0 Å². The van der Waals surface area contributed by atoms with Gasteiger partial charge in [-0.15, -0.1) is 0 Å². The van der Waals surface area contributed by atoms with E-state index in [4.69, 9.17) is 21.9 Å². The molecule has 3 heterocycles. The summed E-state index contributed by atoms with van der Waals surface area (Å²) in [5.41, 5.74) is 9.31. The first-order valence-electron chi connectivity index (χ1n) is 11.8. The van der Waals surface area contributed by atoms with E-state index in [9.17, 15) is 0 Å². The number of ether oxygens (including phenoxy) is 1. The quantitative estimate of drug-likeness (QED) is 0.339. The second kappa shape index (κ2) is 9.19. The van der Waals surface area contributed by atoms with E-state index in [2.05, 4.69) is 78.9 Å². The van der Waals surface area contributed by atoms with Crippen molar-refractivity contribution in [1.82, 2.24) is 14.9 Å². The minimum atomic E-state index is -0.0955. The fourth-order valence-electron chi connectivity index (χ4n) is 5.30. The first kappa shape index (κ1) is 23.1. The lowest BCUT2D eigenvalue weighted by Crippen LogP contribution is -2.29. The van der Waals surface area contributed by atoms with Gasteiger partial charge in [0.05, 0.1) is 30.6 Å². The maximum Gasteiger partial charge on any atom is 0.174 e. The fraction of sp³-hybridized carbons (Fsp3) is 0.241. The second-order valence-corrected chi connectivity index (χ2v) is 9.49. The van der Waals surface area contributed by atoms with E-state index in [0.717, 1.165) is 17.1 Å². The molecule has 1 aliphatic heterocycles. The maximum absolute atomic E-state index is 5.91. The molecule has 1 fully saturated rings. The molecule has 0 radical (unpaired) electrons. The highest BCUT2D eigenvalue weighted by atomic mass is 32.1. The second-order valence-electron chi connectivity index (χ2n) is 9.10. The number of aromatic nitrogens is 2. The summed E-state index contributed by atoms with van der Waals surface area (Å²) < 4.78 is 7.90. The van der Waals surface area contributed by atoms with Crippen molar-refractivity contribution in [1.29, 1.82) is 0 Å². The molecule has 4 aromatic rings. The van der Waals surface area contributed by atoms with E-state index >= 15 is 0 Å². The Morgan fingerprint density at radius 3 is 2.34 bits per heavy atom. The molecule has 1 aliphatic rings. The lowest BCUT2D eigenvalue weighted by Gasteiger charge is -2.28. The molecule has 0 amide bonds. The number of methoxy groups -OCH3 is 1. The number of benzene rings is 2. The van der Waals surface area contributed by atoms with Crippen molar-refractivity contribution in [2.75, 3.05) is 12.0 Å². The number of rotatable bonds is 5. The van der Waals surface area contributed by atoms with Crippen molar-refractivity contribution >= 4 is 23.0 Å². The Morgan fingerprint density at radius 1 is 0.914 bits per heavy atom. The van der Waals surface area contributed by atoms with Gasteiger partial charge in [0.15, 0.2) is 5.11 Å². The first-order valence-corrected chi connectivity index (χ1v) is 12.2. The SMILES string of the molecule is COc1cccc(N2C(=S)N[C@@H](c3ccccn3)[C@H]2c2cc(C)n(-c3c(C)cccc3C)c2C)c1. The van der Waals surface area contributed by atoms with Crippen LogP contribution in [-0.2, 0) is 0 Å². The van der Waals surface area contributed by atoms with Crippen molar-refractivity contribution < 1.29 is 4.74 Å². The molecule has 2 atom stereocenters. The van der Waals surface area contributed by atoms with Crippen LogP contribution < -0.4 is 15.0 Å². The van der Waals surface area contributed by atoms with Crippen LogP contribution in [0, 0.1) is 27.7 Å². The van der Waals surface area contributed by atoms with Crippen LogP contribution in [0.4, 0.5) is 5.69 Å². The monoisotopic (exact) mass is 482 g/mol. The van der Waals surface area contributed by atoms with E-state index in [-0.39, 0.29) is 12.1 Å². The highest BCUT2D eigenvalue weighted by Gasteiger charge is 2.42. The number of pyridine rings is 1. The van der Waals surface area contributed by atoms with Crippen LogP contribution in [0.25, 0.3) is 5.69 Å². The number of nitrogens with zero attached hydrogens (tertiary/aromatic N) is 3. The molecule has 5 rings (SSSR count). The van der Waals surface area contributed by atoms with E-state index in [1.807, 2.05) is 36.5 Å². The molecule has 2 aromatic carbocycles. The van der Waals surface area contributed by atoms with Gasteiger partial charge in [-0.1, -0.05) is 30.3 Å². The lowest BCUT2D eigenvalue weighted by molar-refractivity contribution is 0.415. The largest absolute Gasteiger partial charge is 0.497 e. The third-order valence-corrected chi connectivity index (χ3v) is 7.20. The molecule has 2 aromatic heterocycles. The zero-order valence-electron chi connectivity index (χ0n) is 20.7. The Hall–Kier alpha value is -3.64. The summed E-state index contributed by atoms with van der Waals surface area (Å²) in [6.45, 7) is 8.72. The normalized spacial score (nSPS) is 17.5. The number of aryl methyl sites for hydroxylation is 3. The van der Waals surface area contributed by atoms with Crippen molar-refractivity contribution in [3.63, 3.8) is 0 Å². The number of thiocarbonyl (C=S) groups is 1. The molecule has 178 valence electrons. The lowest BCUT2D eigenvalue weighted by atomic mass is 9.96. The van der Waals surface area contributed by atoms with Gasteiger partial charge in [-0.05, 0) is 86.9 Å². The summed E-state index contributed by atoms with van der Waals surface area (Å²) in [4.78, 5) is 6.90.